The molecule has 0 aliphatic carbocycles. The fraction of sp³-hybridized carbons (Fsp3) is 0.318. The Balaban J connectivity index is 1.26. The Bertz CT molecular complexity index is 1130. The number of hydrogen-bond donors (Lipinski definition) is 1. The first-order valence-electron chi connectivity index (χ1n) is 10.1. The summed E-state index contributed by atoms with van der Waals surface area (Å²) in [6, 6.07) is 13.0. The molecule has 164 valence electrons. The van der Waals surface area contributed by atoms with Gasteiger partial charge >= 0.3 is 0 Å². The average Bonchev–Trinajstić information content (AvgIpc) is 3.45. The molecule has 6 nitrogen and oxygen atoms in total. The Kier molecular flexibility index (Phi) is 6.54. The number of likely N-dealkylation sites (tertiary alicyclic amines) is 1. The molecule has 1 saturated heterocycles. The standard InChI is InChI=1S/C22H23FN2O4S2/c23-19-5-2-1-4-18(19)20-9-7-17(29-20)8-10-21(26)25-13-11-16(12-14-25)24-31(27,28)22-6-3-15-30-22/h1-7,9,15-16,24H,8,10-14H2. The van der Waals surface area contributed by atoms with Gasteiger partial charge in [0.25, 0.3) is 0 Å². The second kappa shape index (κ2) is 9.33. The Morgan fingerprint density at radius 3 is 2.61 bits per heavy atom. The van der Waals surface area contributed by atoms with Crippen LogP contribution in [0.1, 0.15) is 25.0 Å². The van der Waals surface area contributed by atoms with Crippen molar-refractivity contribution in [1.29, 1.82) is 0 Å². The molecule has 0 radical (unpaired) electrons. The minimum atomic E-state index is -3.50. The van der Waals surface area contributed by atoms with E-state index in [0.717, 1.165) is 0 Å². The SMILES string of the molecule is O=C(CCc1ccc(-c2ccccc2F)o1)N1CCC(NS(=O)(=O)c2cccs2)CC1. The van der Waals surface area contributed by atoms with Crippen LogP contribution in [0.3, 0.4) is 0 Å². The Hall–Kier alpha value is -2.49. The Labute approximate surface area is 184 Å². The topological polar surface area (TPSA) is 79.6 Å². The molecule has 31 heavy (non-hydrogen) atoms. The summed E-state index contributed by atoms with van der Waals surface area (Å²) in [5, 5.41) is 1.73. The van der Waals surface area contributed by atoms with Crippen LogP contribution in [0.4, 0.5) is 4.39 Å². The molecule has 1 aliphatic rings. The van der Waals surface area contributed by atoms with Crippen LogP contribution in [0.5, 0.6) is 0 Å². The first kappa shape index (κ1) is 21.7. The highest BCUT2D eigenvalue weighted by Crippen LogP contribution is 2.25. The summed E-state index contributed by atoms with van der Waals surface area (Å²) < 4.78 is 47.3. The van der Waals surface area contributed by atoms with Crippen molar-refractivity contribution in [3.63, 3.8) is 0 Å². The average molecular weight is 463 g/mol. The summed E-state index contributed by atoms with van der Waals surface area (Å²) in [6.45, 7) is 1.02. The number of nitrogens with zero attached hydrogens (tertiary/aromatic N) is 1. The van der Waals surface area contributed by atoms with E-state index in [1.165, 1.54) is 17.4 Å². The number of halogens is 1. The molecule has 1 N–H and O–H groups in total. The highest BCUT2D eigenvalue weighted by atomic mass is 32.2. The molecule has 1 aliphatic heterocycles. The molecule has 0 bridgehead atoms. The second-order valence-corrected chi connectivity index (χ2v) is 10.3. The molecule has 0 unspecified atom stereocenters. The minimum absolute atomic E-state index is 0.00315. The second-order valence-electron chi connectivity index (χ2n) is 7.45. The van der Waals surface area contributed by atoms with Gasteiger partial charge in [0.1, 0.15) is 21.5 Å². The van der Waals surface area contributed by atoms with E-state index in [1.54, 1.807) is 52.7 Å². The maximum atomic E-state index is 13.9. The number of rotatable bonds is 7. The van der Waals surface area contributed by atoms with Crippen molar-refractivity contribution >= 4 is 27.3 Å². The summed E-state index contributed by atoms with van der Waals surface area (Å²) in [6.07, 6.45) is 1.87. The lowest BCUT2D eigenvalue weighted by Gasteiger charge is -2.32. The Morgan fingerprint density at radius 2 is 1.90 bits per heavy atom. The van der Waals surface area contributed by atoms with Crippen LogP contribution in [0.2, 0.25) is 0 Å². The van der Waals surface area contributed by atoms with Crippen molar-refractivity contribution in [1.82, 2.24) is 9.62 Å². The van der Waals surface area contributed by atoms with Gasteiger partial charge in [0.05, 0.1) is 5.56 Å². The predicted molar refractivity (Wildman–Crippen MR) is 117 cm³/mol. The number of nitrogens with one attached hydrogen (secondary N) is 1. The lowest BCUT2D eigenvalue weighted by Crippen LogP contribution is -2.46. The molecule has 1 aromatic carbocycles. The minimum Gasteiger partial charge on any atom is -0.461 e. The van der Waals surface area contributed by atoms with Crippen molar-refractivity contribution in [3.8, 4) is 11.3 Å². The first-order valence-corrected chi connectivity index (χ1v) is 12.5. The number of amides is 1. The van der Waals surface area contributed by atoms with Gasteiger partial charge in [0.2, 0.25) is 15.9 Å². The van der Waals surface area contributed by atoms with E-state index >= 15 is 0 Å². The molecule has 4 rings (SSSR count). The molecule has 2 aromatic heterocycles. The molecule has 0 saturated carbocycles. The summed E-state index contributed by atoms with van der Waals surface area (Å²) in [5.41, 5.74) is 0.396. The normalized spacial score (nSPS) is 15.3. The van der Waals surface area contributed by atoms with E-state index < -0.39 is 10.0 Å². The molecule has 3 aromatic rings. The van der Waals surface area contributed by atoms with Crippen molar-refractivity contribution in [2.24, 2.45) is 0 Å². The van der Waals surface area contributed by atoms with Crippen LogP contribution in [0.25, 0.3) is 11.3 Å². The number of hydrogen-bond acceptors (Lipinski definition) is 5. The third-order valence-corrected chi connectivity index (χ3v) is 8.23. The number of carbonyl (C=O) groups is 1. The summed E-state index contributed by atoms with van der Waals surface area (Å²) in [7, 11) is -3.50. The first-order chi connectivity index (χ1) is 14.9. The number of sulfonamides is 1. The van der Waals surface area contributed by atoms with Crippen molar-refractivity contribution in [2.45, 2.75) is 35.9 Å². The predicted octanol–water partition coefficient (Wildman–Crippen LogP) is 4.05. The van der Waals surface area contributed by atoms with Gasteiger partial charge in [-0.05, 0) is 48.6 Å². The fourth-order valence-electron chi connectivity index (χ4n) is 3.65. The molecule has 3 heterocycles. The van der Waals surface area contributed by atoms with E-state index in [2.05, 4.69) is 4.72 Å². The Morgan fingerprint density at radius 1 is 1.13 bits per heavy atom. The van der Waals surface area contributed by atoms with Gasteiger partial charge in [-0.2, -0.15) is 0 Å². The molecular formula is C22H23FN2O4S2. The van der Waals surface area contributed by atoms with Crippen molar-refractivity contribution < 1.29 is 22.0 Å². The fourth-order valence-corrected chi connectivity index (χ4v) is 5.96. The van der Waals surface area contributed by atoms with Gasteiger partial charge in [-0.25, -0.2) is 17.5 Å². The summed E-state index contributed by atoms with van der Waals surface area (Å²) >= 11 is 1.18. The van der Waals surface area contributed by atoms with Gasteiger partial charge in [0.15, 0.2) is 0 Å². The largest absolute Gasteiger partial charge is 0.461 e. The van der Waals surface area contributed by atoms with Crippen molar-refractivity contribution in [3.05, 3.63) is 65.5 Å². The number of piperidine rings is 1. The number of aryl methyl sites for hydroxylation is 1. The van der Waals surface area contributed by atoms with Crippen LogP contribution in [0.15, 0.2) is 62.5 Å². The maximum Gasteiger partial charge on any atom is 0.250 e. The lowest BCUT2D eigenvalue weighted by molar-refractivity contribution is -0.132. The van der Waals surface area contributed by atoms with Gasteiger partial charge in [-0.3, -0.25) is 4.79 Å². The molecule has 0 atom stereocenters. The number of furan rings is 1. The van der Waals surface area contributed by atoms with Crippen LogP contribution < -0.4 is 4.72 Å². The highest BCUT2D eigenvalue weighted by molar-refractivity contribution is 7.91. The monoisotopic (exact) mass is 462 g/mol. The van der Waals surface area contributed by atoms with Gasteiger partial charge in [-0.1, -0.05) is 18.2 Å². The van der Waals surface area contributed by atoms with Crippen LogP contribution in [-0.4, -0.2) is 38.4 Å². The third-order valence-electron chi connectivity index (χ3n) is 5.32. The number of carbonyl (C=O) groups excluding carboxylic acids is 1. The van der Waals surface area contributed by atoms with Crippen LogP contribution in [0, 0.1) is 5.82 Å². The maximum absolute atomic E-state index is 13.9. The molecule has 9 heteroatoms. The van der Waals surface area contributed by atoms with Crippen LogP contribution in [-0.2, 0) is 21.2 Å². The van der Waals surface area contributed by atoms with E-state index in [1.807, 2.05) is 0 Å². The van der Waals surface area contributed by atoms with E-state index in [9.17, 15) is 17.6 Å². The van der Waals surface area contributed by atoms with Crippen molar-refractivity contribution in [2.75, 3.05) is 13.1 Å². The molecular weight excluding hydrogens is 439 g/mol. The smallest absolute Gasteiger partial charge is 0.250 e. The molecule has 0 spiro atoms. The summed E-state index contributed by atoms with van der Waals surface area (Å²) in [5.74, 6) is 0.727. The van der Waals surface area contributed by atoms with Gasteiger partial charge in [0, 0.05) is 32.0 Å². The zero-order valence-corrected chi connectivity index (χ0v) is 18.4. The molecule has 1 amide bonds. The molecule has 1 fully saturated rings. The quantitative estimate of drug-likeness (QED) is 0.575. The zero-order valence-electron chi connectivity index (χ0n) is 16.8. The number of thiophene rings is 1. The van der Waals surface area contributed by atoms with Gasteiger partial charge in [-0.15, -0.1) is 11.3 Å². The third kappa shape index (κ3) is 5.23. The zero-order chi connectivity index (χ0) is 21.8. The number of benzene rings is 1. The lowest BCUT2D eigenvalue weighted by atomic mass is 10.1. The van der Waals surface area contributed by atoms with E-state index in [-0.39, 0.29) is 24.2 Å². The van der Waals surface area contributed by atoms with E-state index in [4.69, 9.17) is 4.42 Å². The highest BCUT2D eigenvalue weighted by Gasteiger charge is 2.27. The summed E-state index contributed by atoms with van der Waals surface area (Å²) in [4.78, 5) is 14.3. The van der Waals surface area contributed by atoms with Crippen LogP contribution >= 0.6 is 11.3 Å². The van der Waals surface area contributed by atoms with E-state index in [0.29, 0.717) is 53.6 Å². The van der Waals surface area contributed by atoms with Gasteiger partial charge < -0.3 is 9.32 Å².